The summed E-state index contributed by atoms with van der Waals surface area (Å²) >= 11 is 0. The van der Waals surface area contributed by atoms with Gasteiger partial charge in [-0.15, -0.1) is 4.79 Å². The van der Waals surface area contributed by atoms with Crippen molar-refractivity contribution in [3.05, 3.63) is 18.5 Å². The summed E-state index contributed by atoms with van der Waals surface area (Å²) < 4.78 is 5.05. The minimum atomic E-state index is 0.634. The number of aromatic nitrogens is 2. The van der Waals surface area contributed by atoms with Gasteiger partial charge in [-0.3, -0.25) is 0 Å². The molecule has 0 bridgehead atoms. The second kappa shape index (κ2) is 1.70. The highest BCUT2D eigenvalue weighted by molar-refractivity contribution is 5.72. The van der Waals surface area contributed by atoms with Gasteiger partial charge in [-0.2, -0.15) is 10.2 Å². The summed E-state index contributed by atoms with van der Waals surface area (Å²) in [6, 6.07) is 1.82. The molecule has 50 valence electrons. The van der Waals surface area contributed by atoms with Crippen molar-refractivity contribution in [3.8, 4) is 0 Å². The molecule has 4 nitrogen and oxygen atoms in total. The number of furan rings is 1. The lowest BCUT2D eigenvalue weighted by Gasteiger charge is -1.84. The van der Waals surface area contributed by atoms with E-state index >= 15 is 0 Å². The van der Waals surface area contributed by atoms with Crippen LogP contribution in [0.4, 0.5) is 0 Å². The van der Waals surface area contributed by atoms with E-state index in [2.05, 4.69) is 16.9 Å². The van der Waals surface area contributed by atoms with Crippen LogP contribution < -0.4 is 0 Å². The van der Waals surface area contributed by atoms with Crippen molar-refractivity contribution in [3.63, 3.8) is 0 Å². The summed E-state index contributed by atoms with van der Waals surface area (Å²) in [7, 11) is 0. The van der Waals surface area contributed by atoms with Gasteiger partial charge in [-0.05, 0) is 6.07 Å². The molecule has 0 aliphatic heterocycles. The maximum atomic E-state index is 5.05. The van der Waals surface area contributed by atoms with Crippen LogP contribution in [0.3, 0.4) is 0 Å². The van der Waals surface area contributed by atoms with Gasteiger partial charge in [0.25, 0.3) is 0 Å². The second-order valence-corrected chi connectivity index (χ2v) is 1.86. The van der Waals surface area contributed by atoms with E-state index in [-0.39, 0.29) is 0 Å². The predicted octanol–water partition coefficient (Wildman–Crippen LogP) is 1.09. The second-order valence-electron chi connectivity index (χ2n) is 1.86. The van der Waals surface area contributed by atoms with Crippen molar-refractivity contribution in [2.45, 2.75) is 0 Å². The Hall–Kier alpha value is -1.58. The van der Waals surface area contributed by atoms with Crippen LogP contribution in [0.5, 0.6) is 0 Å². The molecule has 0 radical (unpaired) electrons. The first-order valence-corrected chi connectivity index (χ1v) is 2.80. The third-order valence-electron chi connectivity index (χ3n) is 1.30. The van der Waals surface area contributed by atoms with Gasteiger partial charge in [0.1, 0.15) is 0 Å². The molecule has 2 aromatic rings. The molecule has 0 fully saturated rings. The number of hydrogen-bond donors (Lipinski definition) is 0. The first-order chi connectivity index (χ1) is 4.92. The Morgan fingerprint density at radius 3 is 3.40 bits per heavy atom. The van der Waals surface area contributed by atoms with Crippen LogP contribution >= 0.6 is 0 Å². The van der Waals surface area contributed by atoms with E-state index in [1.165, 1.54) is 4.79 Å². The summed E-state index contributed by atoms with van der Waals surface area (Å²) in [5.74, 6) is 0. The Labute approximate surface area is 56.7 Å². The van der Waals surface area contributed by atoms with E-state index in [1.807, 2.05) is 6.07 Å². The van der Waals surface area contributed by atoms with Gasteiger partial charge in [-0.25, -0.2) is 0 Å². The fourth-order valence-corrected chi connectivity index (χ4v) is 0.842. The largest absolute Gasteiger partial charge is 0.445 e. The molecule has 2 rings (SSSR count). The van der Waals surface area contributed by atoms with Crippen LogP contribution in [0.15, 0.2) is 28.0 Å². The van der Waals surface area contributed by atoms with Crippen LogP contribution in [-0.4, -0.2) is 16.6 Å². The minimum Gasteiger partial charge on any atom is -0.445 e. The van der Waals surface area contributed by atoms with E-state index in [4.69, 9.17) is 4.42 Å². The van der Waals surface area contributed by atoms with Crippen LogP contribution in [0, 0.1) is 0 Å². The van der Waals surface area contributed by atoms with Crippen molar-refractivity contribution in [2.24, 2.45) is 5.10 Å². The minimum absolute atomic E-state index is 0.634. The standard InChI is InChI=1S/C6H5N3O/c1-7-9-6-5(4-8-9)2-3-10-6/h2-4H,1H2. The summed E-state index contributed by atoms with van der Waals surface area (Å²) in [5.41, 5.74) is 0.634. The Balaban J connectivity index is 2.88. The van der Waals surface area contributed by atoms with Gasteiger partial charge in [0.05, 0.1) is 17.8 Å². The monoisotopic (exact) mass is 135 g/mol. The van der Waals surface area contributed by atoms with Gasteiger partial charge < -0.3 is 4.42 Å². The molecule has 0 aromatic carbocycles. The van der Waals surface area contributed by atoms with Crippen molar-refractivity contribution >= 4 is 17.8 Å². The lowest BCUT2D eigenvalue weighted by molar-refractivity contribution is 0.564. The average Bonchev–Trinajstić information content (AvgIpc) is 2.44. The van der Waals surface area contributed by atoms with E-state index < -0.39 is 0 Å². The number of nitrogens with zero attached hydrogens (tertiary/aromatic N) is 3. The van der Waals surface area contributed by atoms with Crippen molar-refractivity contribution in [1.82, 2.24) is 9.89 Å². The molecule has 0 amide bonds. The zero-order valence-electron chi connectivity index (χ0n) is 5.19. The van der Waals surface area contributed by atoms with Crippen molar-refractivity contribution < 1.29 is 4.42 Å². The predicted molar refractivity (Wildman–Crippen MR) is 36.9 cm³/mol. The molecule has 0 unspecified atom stereocenters. The molecule has 2 aromatic heterocycles. The smallest absolute Gasteiger partial charge is 0.247 e. The third kappa shape index (κ3) is 0.500. The topological polar surface area (TPSA) is 43.3 Å². The summed E-state index contributed by atoms with van der Waals surface area (Å²) in [4.78, 5) is 1.34. The van der Waals surface area contributed by atoms with E-state index in [0.717, 1.165) is 5.39 Å². The Morgan fingerprint density at radius 1 is 1.70 bits per heavy atom. The average molecular weight is 135 g/mol. The molecule has 0 N–H and O–H groups in total. The first-order valence-electron chi connectivity index (χ1n) is 2.80. The van der Waals surface area contributed by atoms with Gasteiger partial charge in [0, 0.05) is 6.72 Å². The zero-order chi connectivity index (χ0) is 6.97. The molecule has 0 spiro atoms. The van der Waals surface area contributed by atoms with Crippen molar-refractivity contribution in [2.75, 3.05) is 0 Å². The molecule has 0 saturated carbocycles. The molecular formula is C6H5N3O. The van der Waals surface area contributed by atoms with Crippen LogP contribution in [0.2, 0.25) is 0 Å². The SMILES string of the molecule is C=Nn1ncc2ccoc21. The summed E-state index contributed by atoms with van der Waals surface area (Å²) in [6.45, 7) is 3.32. The molecule has 0 saturated heterocycles. The highest BCUT2D eigenvalue weighted by Gasteiger charge is 2.01. The maximum absolute atomic E-state index is 5.05. The zero-order valence-corrected chi connectivity index (χ0v) is 5.19. The van der Waals surface area contributed by atoms with Crippen molar-refractivity contribution in [1.29, 1.82) is 0 Å². The van der Waals surface area contributed by atoms with E-state index in [9.17, 15) is 0 Å². The summed E-state index contributed by atoms with van der Waals surface area (Å²) in [5, 5.41) is 8.40. The highest BCUT2D eigenvalue weighted by Crippen LogP contribution is 2.12. The summed E-state index contributed by atoms with van der Waals surface area (Å²) in [6.07, 6.45) is 3.27. The van der Waals surface area contributed by atoms with Gasteiger partial charge >= 0.3 is 0 Å². The Bertz CT molecular complexity index is 360. The molecule has 4 heteroatoms. The Morgan fingerprint density at radius 2 is 2.60 bits per heavy atom. The number of hydrogen-bond acceptors (Lipinski definition) is 3. The van der Waals surface area contributed by atoms with Crippen LogP contribution in [0.25, 0.3) is 11.1 Å². The maximum Gasteiger partial charge on any atom is 0.247 e. The fraction of sp³-hybridized carbons (Fsp3) is 0. The first kappa shape index (κ1) is 5.22. The fourth-order valence-electron chi connectivity index (χ4n) is 0.842. The van der Waals surface area contributed by atoms with Gasteiger partial charge in [-0.1, -0.05) is 0 Å². The van der Waals surface area contributed by atoms with Gasteiger partial charge in [0.15, 0.2) is 0 Å². The highest BCUT2D eigenvalue weighted by atomic mass is 16.3. The number of rotatable bonds is 1. The Kier molecular flexibility index (Phi) is 0.887. The number of fused-ring (bicyclic) bond motifs is 1. The lowest BCUT2D eigenvalue weighted by Crippen LogP contribution is -1.86. The lowest BCUT2D eigenvalue weighted by atomic mass is 10.5. The normalized spacial score (nSPS) is 10.4. The molecular weight excluding hydrogens is 130 g/mol. The van der Waals surface area contributed by atoms with Crippen LogP contribution in [-0.2, 0) is 0 Å². The molecule has 2 heterocycles. The van der Waals surface area contributed by atoms with Crippen LogP contribution in [0.1, 0.15) is 0 Å². The van der Waals surface area contributed by atoms with E-state index in [0.29, 0.717) is 5.71 Å². The van der Waals surface area contributed by atoms with Gasteiger partial charge in [0.2, 0.25) is 5.71 Å². The quantitative estimate of drug-likeness (QED) is 0.549. The molecule has 0 atom stereocenters. The third-order valence-corrected chi connectivity index (χ3v) is 1.30. The molecule has 0 aliphatic rings. The van der Waals surface area contributed by atoms with E-state index in [1.54, 1.807) is 12.5 Å². The molecule has 0 aliphatic carbocycles. The molecule has 10 heavy (non-hydrogen) atoms.